The van der Waals surface area contributed by atoms with E-state index in [0.717, 1.165) is 64.1 Å². The maximum atomic E-state index is 5.41. The fourth-order valence-corrected chi connectivity index (χ4v) is 3.04. The molecule has 0 saturated carbocycles. The van der Waals surface area contributed by atoms with Gasteiger partial charge in [0.1, 0.15) is 5.76 Å². The summed E-state index contributed by atoms with van der Waals surface area (Å²) in [6.45, 7) is 9.09. The molecule has 0 unspecified atom stereocenters. The van der Waals surface area contributed by atoms with Gasteiger partial charge in [0.2, 0.25) is 0 Å². The third-order valence-electron chi connectivity index (χ3n) is 4.74. The summed E-state index contributed by atoms with van der Waals surface area (Å²) in [6, 6.07) is 12.3. The number of halogens is 1. The van der Waals surface area contributed by atoms with Crippen molar-refractivity contribution in [1.29, 1.82) is 0 Å². The molecule has 1 fully saturated rings. The molecular formula is C21H31IN4O2. The van der Waals surface area contributed by atoms with Gasteiger partial charge in [-0.15, -0.1) is 24.0 Å². The third kappa shape index (κ3) is 7.81. The molecular weight excluding hydrogens is 467 g/mol. The van der Waals surface area contributed by atoms with Crippen molar-refractivity contribution in [2.24, 2.45) is 4.99 Å². The van der Waals surface area contributed by atoms with E-state index in [1.807, 2.05) is 12.1 Å². The minimum atomic E-state index is 0. The normalized spacial score (nSPS) is 15.1. The maximum absolute atomic E-state index is 5.41. The predicted octanol–water partition coefficient (Wildman–Crippen LogP) is 2.82. The Labute approximate surface area is 184 Å². The molecule has 2 heterocycles. The summed E-state index contributed by atoms with van der Waals surface area (Å²) < 4.78 is 10.8. The Kier molecular flexibility index (Phi) is 10.4. The van der Waals surface area contributed by atoms with Crippen LogP contribution in [0.4, 0.5) is 0 Å². The van der Waals surface area contributed by atoms with E-state index in [1.165, 1.54) is 11.1 Å². The number of nitrogens with one attached hydrogen (secondary N) is 2. The van der Waals surface area contributed by atoms with Crippen LogP contribution < -0.4 is 10.6 Å². The number of aryl methyl sites for hydroxylation is 1. The van der Waals surface area contributed by atoms with Crippen molar-refractivity contribution in [3.63, 3.8) is 0 Å². The van der Waals surface area contributed by atoms with Gasteiger partial charge >= 0.3 is 0 Å². The van der Waals surface area contributed by atoms with Gasteiger partial charge in [-0.25, -0.2) is 4.99 Å². The number of nitrogens with zero attached hydrogens (tertiary/aromatic N) is 2. The van der Waals surface area contributed by atoms with Gasteiger partial charge in [0, 0.05) is 39.1 Å². The summed E-state index contributed by atoms with van der Waals surface area (Å²) in [5.74, 6) is 1.83. The van der Waals surface area contributed by atoms with Crippen LogP contribution in [-0.4, -0.2) is 56.8 Å². The first-order valence-corrected chi connectivity index (χ1v) is 9.70. The number of rotatable bonds is 8. The van der Waals surface area contributed by atoms with E-state index in [0.29, 0.717) is 6.54 Å². The molecule has 2 aromatic rings. The van der Waals surface area contributed by atoms with Crippen LogP contribution in [0.25, 0.3) is 0 Å². The number of hydrogen-bond acceptors (Lipinski definition) is 4. The molecule has 1 aromatic carbocycles. The molecule has 0 radical (unpaired) electrons. The molecule has 0 amide bonds. The molecule has 1 saturated heterocycles. The van der Waals surface area contributed by atoms with E-state index in [1.54, 1.807) is 6.26 Å². The van der Waals surface area contributed by atoms with Gasteiger partial charge in [-0.05, 0) is 30.2 Å². The van der Waals surface area contributed by atoms with Crippen molar-refractivity contribution >= 4 is 29.9 Å². The lowest BCUT2D eigenvalue weighted by atomic mass is 10.1. The predicted molar refractivity (Wildman–Crippen MR) is 123 cm³/mol. The summed E-state index contributed by atoms with van der Waals surface area (Å²) in [4.78, 5) is 7.19. The van der Waals surface area contributed by atoms with E-state index in [2.05, 4.69) is 46.7 Å². The van der Waals surface area contributed by atoms with Gasteiger partial charge in [0.15, 0.2) is 5.96 Å². The average Bonchev–Trinajstić information content (AvgIpc) is 3.21. The zero-order valence-electron chi connectivity index (χ0n) is 16.5. The van der Waals surface area contributed by atoms with E-state index < -0.39 is 0 Å². The van der Waals surface area contributed by atoms with Gasteiger partial charge in [0.05, 0.1) is 26.0 Å². The Bertz CT molecular complexity index is 700. The van der Waals surface area contributed by atoms with Gasteiger partial charge < -0.3 is 19.8 Å². The van der Waals surface area contributed by atoms with E-state index in [-0.39, 0.29) is 24.0 Å². The molecule has 0 aliphatic carbocycles. The van der Waals surface area contributed by atoms with Crippen LogP contribution in [0.15, 0.2) is 52.1 Å². The molecule has 6 nitrogen and oxygen atoms in total. The Balaban J connectivity index is 0.00000280. The molecule has 1 aliphatic rings. The molecule has 2 N–H and O–H groups in total. The number of guanidine groups is 1. The Morgan fingerprint density at radius 2 is 1.86 bits per heavy atom. The van der Waals surface area contributed by atoms with Gasteiger partial charge in [-0.3, -0.25) is 4.90 Å². The minimum absolute atomic E-state index is 0. The van der Waals surface area contributed by atoms with E-state index in [4.69, 9.17) is 14.1 Å². The van der Waals surface area contributed by atoms with Crippen LogP contribution in [0.5, 0.6) is 0 Å². The molecule has 1 aromatic heterocycles. The van der Waals surface area contributed by atoms with Gasteiger partial charge in [0.25, 0.3) is 0 Å². The molecule has 154 valence electrons. The second-order valence-electron chi connectivity index (χ2n) is 6.73. The lowest BCUT2D eigenvalue weighted by Crippen LogP contribution is -2.44. The number of benzene rings is 1. The third-order valence-corrected chi connectivity index (χ3v) is 4.74. The highest BCUT2D eigenvalue weighted by Gasteiger charge is 2.10. The number of morpholine rings is 1. The van der Waals surface area contributed by atoms with Crippen molar-refractivity contribution in [1.82, 2.24) is 15.5 Å². The van der Waals surface area contributed by atoms with Crippen molar-refractivity contribution < 1.29 is 9.15 Å². The maximum Gasteiger partial charge on any atom is 0.191 e. The van der Waals surface area contributed by atoms with E-state index >= 15 is 0 Å². The highest BCUT2D eigenvalue weighted by molar-refractivity contribution is 14.0. The number of furan rings is 1. The molecule has 3 rings (SSSR count). The zero-order chi connectivity index (χ0) is 18.7. The number of aliphatic imine (C=N–C) groups is 1. The summed E-state index contributed by atoms with van der Waals surface area (Å²) in [7, 11) is 0. The van der Waals surface area contributed by atoms with Gasteiger partial charge in [-0.1, -0.05) is 24.3 Å². The van der Waals surface area contributed by atoms with Crippen LogP contribution >= 0.6 is 24.0 Å². The number of ether oxygens (including phenoxy) is 1. The molecule has 7 heteroatoms. The van der Waals surface area contributed by atoms with Crippen LogP contribution in [0.1, 0.15) is 16.9 Å². The first-order chi connectivity index (χ1) is 13.3. The molecule has 28 heavy (non-hydrogen) atoms. The number of hydrogen-bond donors (Lipinski definition) is 2. The first kappa shape index (κ1) is 22.7. The summed E-state index contributed by atoms with van der Waals surface area (Å²) in [5, 5.41) is 6.88. The SMILES string of the molecule is Cc1ccccc1CN=C(NCCc1ccco1)NCCN1CCOCC1.I. The van der Waals surface area contributed by atoms with Crippen molar-refractivity contribution in [2.75, 3.05) is 45.9 Å². The van der Waals surface area contributed by atoms with Crippen molar-refractivity contribution in [3.8, 4) is 0 Å². The lowest BCUT2D eigenvalue weighted by molar-refractivity contribution is 0.0389. The van der Waals surface area contributed by atoms with Crippen LogP contribution in [0, 0.1) is 6.92 Å². The molecule has 0 bridgehead atoms. The first-order valence-electron chi connectivity index (χ1n) is 9.70. The standard InChI is InChI=1S/C21H30N4O2.HI/c1-18-5-2-3-6-19(18)17-24-21(22-9-8-20-7-4-14-27-20)23-10-11-25-12-15-26-16-13-25;/h2-7,14H,8-13,15-17H2,1H3,(H2,22,23,24);1H. The second kappa shape index (κ2) is 12.8. The highest BCUT2D eigenvalue weighted by atomic mass is 127. The van der Waals surface area contributed by atoms with Crippen molar-refractivity contribution in [3.05, 3.63) is 59.5 Å². The van der Waals surface area contributed by atoms with Gasteiger partial charge in [-0.2, -0.15) is 0 Å². The Morgan fingerprint density at radius 3 is 2.61 bits per heavy atom. The van der Waals surface area contributed by atoms with Crippen LogP contribution in [0.2, 0.25) is 0 Å². The zero-order valence-corrected chi connectivity index (χ0v) is 18.9. The lowest BCUT2D eigenvalue weighted by Gasteiger charge is -2.26. The monoisotopic (exact) mass is 498 g/mol. The average molecular weight is 498 g/mol. The smallest absolute Gasteiger partial charge is 0.191 e. The van der Waals surface area contributed by atoms with Crippen LogP contribution in [-0.2, 0) is 17.7 Å². The summed E-state index contributed by atoms with van der Waals surface area (Å²) in [5.41, 5.74) is 2.52. The second-order valence-corrected chi connectivity index (χ2v) is 6.73. The van der Waals surface area contributed by atoms with E-state index in [9.17, 15) is 0 Å². The van der Waals surface area contributed by atoms with Crippen LogP contribution in [0.3, 0.4) is 0 Å². The minimum Gasteiger partial charge on any atom is -0.469 e. The molecule has 1 aliphatic heterocycles. The highest BCUT2D eigenvalue weighted by Crippen LogP contribution is 2.08. The Morgan fingerprint density at radius 1 is 1.07 bits per heavy atom. The van der Waals surface area contributed by atoms with Crippen molar-refractivity contribution in [2.45, 2.75) is 19.9 Å². The Hall–Kier alpha value is -1.58. The fourth-order valence-electron chi connectivity index (χ4n) is 3.04. The fraction of sp³-hybridized carbons (Fsp3) is 0.476. The topological polar surface area (TPSA) is 62.0 Å². The summed E-state index contributed by atoms with van der Waals surface area (Å²) >= 11 is 0. The molecule has 0 atom stereocenters. The largest absolute Gasteiger partial charge is 0.469 e. The molecule has 0 spiro atoms. The quantitative estimate of drug-likeness (QED) is 0.333. The summed E-state index contributed by atoms with van der Waals surface area (Å²) in [6.07, 6.45) is 2.55.